The van der Waals surface area contributed by atoms with E-state index in [-0.39, 0.29) is 0 Å². The maximum atomic E-state index is 5.75. The van der Waals surface area contributed by atoms with Crippen LogP contribution in [0, 0.1) is 0 Å². The fraction of sp³-hybridized carbons (Fsp3) is 0.333. The van der Waals surface area contributed by atoms with Crippen molar-refractivity contribution in [2.45, 2.75) is 13.0 Å². The van der Waals surface area contributed by atoms with Gasteiger partial charge in [0, 0.05) is 19.2 Å². The van der Waals surface area contributed by atoms with Crippen molar-refractivity contribution in [3.8, 4) is 11.6 Å². The highest BCUT2D eigenvalue weighted by Gasteiger charge is 2.20. The van der Waals surface area contributed by atoms with Gasteiger partial charge in [-0.1, -0.05) is 6.07 Å². The van der Waals surface area contributed by atoms with E-state index in [2.05, 4.69) is 21.9 Å². The lowest BCUT2D eigenvalue weighted by molar-refractivity contribution is 0.278. The second-order valence-electron chi connectivity index (χ2n) is 4.09. The molecule has 2 aromatic heterocycles. The standard InChI is InChI=1S/C12H13N3O/c1-15-7-5-9-11(8-15)16-12(14-9)10-4-2-3-6-13-10/h2-4,6H,5,7-8H2,1H3. The number of nitrogens with zero attached hydrogens (tertiary/aromatic N) is 3. The van der Waals surface area contributed by atoms with Crippen molar-refractivity contribution in [1.29, 1.82) is 0 Å². The van der Waals surface area contributed by atoms with E-state index in [9.17, 15) is 0 Å². The highest BCUT2D eigenvalue weighted by Crippen LogP contribution is 2.24. The number of oxazole rings is 1. The molecule has 0 N–H and O–H groups in total. The molecule has 1 aliphatic rings. The summed E-state index contributed by atoms with van der Waals surface area (Å²) in [6.45, 7) is 1.89. The minimum absolute atomic E-state index is 0.640. The molecule has 3 rings (SSSR count). The highest BCUT2D eigenvalue weighted by molar-refractivity contribution is 5.47. The van der Waals surface area contributed by atoms with Crippen LogP contribution in [0.3, 0.4) is 0 Å². The Morgan fingerprint density at radius 2 is 2.31 bits per heavy atom. The van der Waals surface area contributed by atoms with Gasteiger partial charge in [0.25, 0.3) is 0 Å². The molecule has 82 valence electrons. The van der Waals surface area contributed by atoms with Gasteiger partial charge in [-0.05, 0) is 19.2 Å². The summed E-state index contributed by atoms with van der Waals surface area (Å²) in [4.78, 5) is 11.0. The fourth-order valence-corrected chi connectivity index (χ4v) is 1.92. The Bertz CT molecular complexity index is 492. The quantitative estimate of drug-likeness (QED) is 0.726. The summed E-state index contributed by atoms with van der Waals surface area (Å²) in [7, 11) is 2.09. The predicted molar refractivity (Wildman–Crippen MR) is 59.8 cm³/mol. The van der Waals surface area contributed by atoms with Gasteiger partial charge in [-0.15, -0.1) is 0 Å². The summed E-state index contributed by atoms with van der Waals surface area (Å²) < 4.78 is 5.75. The summed E-state index contributed by atoms with van der Waals surface area (Å²) in [5.41, 5.74) is 1.89. The molecule has 0 amide bonds. The third-order valence-corrected chi connectivity index (χ3v) is 2.81. The van der Waals surface area contributed by atoms with Crippen LogP contribution in [0.4, 0.5) is 0 Å². The highest BCUT2D eigenvalue weighted by atomic mass is 16.4. The van der Waals surface area contributed by atoms with E-state index < -0.39 is 0 Å². The molecule has 0 atom stereocenters. The monoisotopic (exact) mass is 215 g/mol. The van der Waals surface area contributed by atoms with Gasteiger partial charge < -0.3 is 4.42 Å². The lowest BCUT2D eigenvalue weighted by atomic mass is 10.2. The van der Waals surface area contributed by atoms with E-state index in [0.29, 0.717) is 5.89 Å². The summed E-state index contributed by atoms with van der Waals surface area (Å²) >= 11 is 0. The summed E-state index contributed by atoms with van der Waals surface area (Å²) in [5, 5.41) is 0. The van der Waals surface area contributed by atoms with E-state index in [1.807, 2.05) is 18.2 Å². The molecule has 1 aliphatic heterocycles. The van der Waals surface area contributed by atoms with Crippen molar-refractivity contribution in [3.05, 3.63) is 35.9 Å². The van der Waals surface area contributed by atoms with E-state index in [1.165, 1.54) is 0 Å². The smallest absolute Gasteiger partial charge is 0.245 e. The Morgan fingerprint density at radius 1 is 1.38 bits per heavy atom. The van der Waals surface area contributed by atoms with Gasteiger partial charge in [-0.25, -0.2) is 4.98 Å². The average molecular weight is 215 g/mol. The van der Waals surface area contributed by atoms with Gasteiger partial charge >= 0.3 is 0 Å². The lowest BCUT2D eigenvalue weighted by Crippen LogP contribution is -2.25. The minimum atomic E-state index is 0.640. The fourth-order valence-electron chi connectivity index (χ4n) is 1.92. The summed E-state index contributed by atoms with van der Waals surface area (Å²) in [5.74, 6) is 1.62. The maximum Gasteiger partial charge on any atom is 0.245 e. The first kappa shape index (κ1) is 9.54. The molecule has 0 bridgehead atoms. The average Bonchev–Trinajstić information content (AvgIpc) is 2.73. The third-order valence-electron chi connectivity index (χ3n) is 2.81. The first-order valence-electron chi connectivity index (χ1n) is 5.41. The van der Waals surface area contributed by atoms with E-state index in [0.717, 1.165) is 36.7 Å². The summed E-state index contributed by atoms with van der Waals surface area (Å²) in [6, 6.07) is 5.75. The zero-order valence-electron chi connectivity index (χ0n) is 9.18. The van der Waals surface area contributed by atoms with Crippen molar-refractivity contribution in [2.24, 2.45) is 0 Å². The van der Waals surface area contributed by atoms with Crippen molar-refractivity contribution in [3.63, 3.8) is 0 Å². The molecule has 0 radical (unpaired) electrons. The van der Waals surface area contributed by atoms with Gasteiger partial charge in [0.05, 0.1) is 12.2 Å². The number of likely N-dealkylation sites (N-methyl/N-ethyl adjacent to an activating group) is 1. The Balaban J connectivity index is 1.99. The first-order valence-corrected chi connectivity index (χ1v) is 5.41. The second kappa shape index (κ2) is 3.72. The molecular weight excluding hydrogens is 202 g/mol. The zero-order chi connectivity index (χ0) is 11.0. The van der Waals surface area contributed by atoms with Gasteiger partial charge in [-0.3, -0.25) is 9.88 Å². The molecular formula is C12H13N3O. The molecule has 4 heteroatoms. The van der Waals surface area contributed by atoms with Gasteiger partial charge in [0.15, 0.2) is 0 Å². The Kier molecular flexibility index (Phi) is 2.22. The topological polar surface area (TPSA) is 42.2 Å². The van der Waals surface area contributed by atoms with Gasteiger partial charge in [0.1, 0.15) is 11.5 Å². The predicted octanol–water partition coefficient (Wildman–Crippen LogP) is 1.72. The number of hydrogen-bond donors (Lipinski definition) is 0. The van der Waals surface area contributed by atoms with Crippen molar-refractivity contribution >= 4 is 0 Å². The lowest BCUT2D eigenvalue weighted by Gasteiger charge is -2.19. The number of rotatable bonds is 1. The molecule has 0 aromatic carbocycles. The molecule has 0 saturated heterocycles. The minimum Gasteiger partial charge on any atom is -0.438 e. The Hall–Kier alpha value is -1.68. The molecule has 3 heterocycles. The number of pyridine rings is 1. The number of fused-ring (bicyclic) bond motifs is 1. The molecule has 0 spiro atoms. The van der Waals surface area contributed by atoms with Crippen molar-refractivity contribution < 1.29 is 4.42 Å². The van der Waals surface area contributed by atoms with E-state index in [1.54, 1.807) is 6.20 Å². The zero-order valence-corrected chi connectivity index (χ0v) is 9.18. The van der Waals surface area contributed by atoms with E-state index >= 15 is 0 Å². The third kappa shape index (κ3) is 1.61. The van der Waals surface area contributed by atoms with Crippen LogP contribution in [0.15, 0.2) is 28.8 Å². The molecule has 0 aliphatic carbocycles. The molecule has 0 unspecified atom stereocenters. The number of aromatic nitrogens is 2. The van der Waals surface area contributed by atoms with Crippen LogP contribution in [0.25, 0.3) is 11.6 Å². The Morgan fingerprint density at radius 3 is 3.12 bits per heavy atom. The molecule has 4 nitrogen and oxygen atoms in total. The van der Waals surface area contributed by atoms with Crippen LogP contribution < -0.4 is 0 Å². The van der Waals surface area contributed by atoms with Crippen LogP contribution in [-0.4, -0.2) is 28.5 Å². The van der Waals surface area contributed by atoms with Crippen LogP contribution >= 0.6 is 0 Å². The van der Waals surface area contributed by atoms with Crippen molar-refractivity contribution in [1.82, 2.24) is 14.9 Å². The Labute approximate surface area is 93.9 Å². The van der Waals surface area contributed by atoms with E-state index in [4.69, 9.17) is 4.42 Å². The summed E-state index contributed by atoms with van der Waals surface area (Å²) in [6.07, 6.45) is 2.72. The maximum absolute atomic E-state index is 5.75. The first-order chi connectivity index (χ1) is 7.83. The van der Waals surface area contributed by atoms with Crippen LogP contribution in [0.2, 0.25) is 0 Å². The van der Waals surface area contributed by atoms with Gasteiger partial charge in [0.2, 0.25) is 5.89 Å². The van der Waals surface area contributed by atoms with Crippen molar-refractivity contribution in [2.75, 3.05) is 13.6 Å². The van der Waals surface area contributed by atoms with Crippen LogP contribution in [0.1, 0.15) is 11.5 Å². The number of hydrogen-bond acceptors (Lipinski definition) is 4. The molecule has 16 heavy (non-hydrogen) atoms. The van der Waals surface area contributed by atoms with Crippen LogP contribution in [0.5, 0.6) is 0 Å². The molecule has 0 saturated carbocycles. The van der Waals surface area contributed by atoms with Gasteiger partial charge in [-0.2, -0.15) is 0 Å². The van der Waals surface area contributed by atoms with Crippen LogP contribution in [-0.2, 0) is 13.0 Å². The molecule has 0 fully saturated rings. The largest absolute Gasteiger partial charge is 0.438 e. The molecule has 2 aromatic rings. The SMILES string of the molecule is CN1CCc2nc(-c3ccccn3)oc2C1. The second-order valence-corrected chi connectivity index (χ2v) is 4.09. The normalized spacial score (nSPS) is 16.1.